The highest BCUT2D eigenvalue weighted by Gasteiger charge is 2.28. The quantitative estimate of drug-likeness (QED) is 0.0854. The molecule has 0 radical (unpaired) electrons. The molecule has 0 unspecified atom stereocenters. The molecule has 362 valence electrons. The average molecular weight is 987 g/mol. The maximum absolute atomic E-state index is 14.2. The number of carbonyl (C=O) groups is 4. The van der Waals surface area contributed by atoms with Crippen LogP contribution in [0.5, 0.6) is 0 Å². The Kier molecular flexibility index (Phi) is 18.3. The lowest BCUT2D eigenvalue weighted by molar-refractivity contribution is -0.131. The summed E-state index contributed by atoms with van der Waals surface area (Å²) in [5, 5.41) is 9.44. The van der Waals surface area contributed by atoms with Crippen LogP contribution in [-0.4, -0.2) is 132 Å². The number of likely N-dealkylation sites (N-methyl/N-ethyl adjacent to an activating group) is 2. The molecule has 1 aromatic heterocycles. The highest BCUT2D eigenvalue weighted by molar-refractivity contribution is 6.31. The smallest absolute Gasteiger partial charge is 0.324 e. The molecular formula is C47H50Cl2F5N9O5. The largest absolute Gasteiger partial charge is 0.415 e. The zero-order chi connectivity index (χ0) is 48.9. The molecule has 2 aliphatic heterocycles. The third-order valence-corrected chi connectivity index (χ3v) is 12.0. The summed E-state index contributed by atoms with van der Waals surface area (Å²) in [6.45, 7) is 11.5. The second-order valence-electron chi connectivity index (χ2n) is 15.7. The van der Waals surface area contributed by atoms with Crippen molar-refractivity contribution >= 4 is 58.3 Å². The predicted octanol–water partition coefficient (Wildman–Crippen LogP) is 8.90. The maximum atomic E-state index is 14.2. The van der Waals surface area contributed by atoms with E-state index in [0.29, 0.717) is 54.6 Å². The van der Waals surface area contributed by atoms with Gasteiger partial charge in [0.2, 0.25) is 5.89 Å². The molecule has 21 heteroatoms. The molecule has 5 amide bonds. The van der Waals surface area contributed by atoms with Crippen molar-refractivity contribution in [1.29, 1.82) is 0 Å². The minimum absolute atomic E-state index is 0.0243. The number of halogens is 7. The van der Waals surface area contributed by atoms with Crippen LogP contribution >= 0.6 is 23.2 Å². The summed E-state index contributed by atoms with van der Waals surface area (Å²) < 4.78 is 69.2. The second-order valence-corrected chi connectivity index (χ2v) is 16.6. The second kappa shape index (κ2) is 24.2. The van der Waals surface area contributed by atoms with Crippen LogP contribution in [0.3, 0.4) is 0 Å². The van der Waals surface area contributed by atoms with Gasteiger partial charge in [-0.3, -0.25) is 19.4 Å². The van der Waals surface area contributed by atoms with Crippen LogP contribution in [-0.2, 0) is 17.9 Å². The Hall–Kier alpha value is -6.15. The summed E-state index contributed by atoms with van der Waals surface area (Å²) in [5.74, 6) is -3.39. The van der Waals surface area contributed by atoms with Crippen molar-refractivity contribution in [3.8, 4) is 11.5 Å². The molecule has 5 aromatic rings. The van der Waals surface area contributed by atoms with E-state index in [1.807, 2.05) is 34.5 Å². The summed E-state index contributed by atoms with van der Waals surface area (Å²) in [6.07, 6.45) is -6.01. The summed E-state index contributed by atoms with van der Waals surface area (Å²) in [6, 6.07) is 24.2. The molecule has 3 heterocycles. The number of urea groups is 2. The molecule has 2 aliphatic rings. The van der Waals surface area contributed by atoms with Crippen molar-refractivity contribution in [1.82, 2.24) is 35.1 Å². The summed E-state index contributed by atoms with van der Waals surface area (Å²) in [4.78, 5) is 61.3. The summed E-state index contributed by atoms with van der Waals surface area (Å²) >= 11 is 11.9. The maximum Gasteiger partial charge on any atom is 0.324 e. The third-order valence-electron chi connectivity index (χ3n) is 11.4. The molecular weight excluding hydrogens is 936 g/mol. The number of aromatic nitrogens is 2. The summed E-state index contributed by atoms with van der Waals surface area (Å²) in [5.41, 5.74) is 3.35. The zero-order valence-electron chi connectivity index (χ0n) is 37.3. The van der Waals surface area contributed by atoms with Crippen LogP contribution < -0.4 is 15.1 Å². The number of anilines is 2. The number of hydrogen-bond acceptors (Lipinski definition) is 9. The molecule has 0 spiro atoms. The van der Waals surface area contributed by atoms with Gasteiger partial charge < -0.3 is 29.3 Å². The number of Topliss-reactive ketones (excluding diaryl/α,β-unsaturated/α-hetero) is 1. The van der Waals surface area contributed by atoms with Crippen LogP contribution in [0.25, 0.3) is 11.5 Å². The third kappa shape index (κ3) is 13.7. The van der Waals surface area contributed by atoms with Gasteiger partial charge in [0.15, 0.2) is 5.78 Å². The summed E-state index contributed by atoms with van der Waals surface area (Å²) in [7, 11) is 0. The van der Waals surface area contributed by atoms with Gasteiger partial charge in [-0.25, -0.2) is 14.0 Å². The standard InChI is InChI=1S/C24H26ClF3N4O3.C23H24ClF2N5O2/c1-2-30-9-11-31(12-10-30)24(35)32(18-7-8-19(25)20(26)13-18)15-16-3-5-17(6-4-16)21(33)14-29-23(34)22(27)28;1-2-29-11-13-30(14-12-29)23(32)31(19-9-7-18(24)8-10-19)15-16-3-5-17(6-4-16)21-27-28-22(33-21)20(25)26/h3-8,13,22H,2,9-12,14-15H2,1H3,(H,29,34);3-10,20H,2,11-15H2,1H3. The molecule has 14 nitrogen and oxygen atoms in total. The highest BCUT2D eigenvalue weighted by atomic mass is 35.5. The molecule has 4 aromatic carbocycles. The number of nitrogens with one attached hydrogen (secondary N) is 1. The number of amides is 5. The van der Waals surface area contributed by atoms with Crippen molar-refractivity contribution < 1.29 is 45.5 Å². The van der Waals surface area contributed by atoms with Gasteiger partial charge in [0.25, 0.3) is 11.8 Å². The van der Waals surface area contributed by atoms with Crippen molar-refractivity contribution in [3.63, 3.8) is 0 Å². The Balaban J connectivity index is 0.000000224. The predicted molar refractivity (Wildman–Crippen MR) is 248 cm³/mol. The normalized spacial score (nSPS) is 14.4. The van der Waals surface area contributed by atoms with Gasteiger partial charge in [-0.1, -0.05) is 73.4 Å². The average Bonchev–Trinajstić information content (AvgIpc) is 3.87. The van der Waals surface area contributed by atoms with Crippen molar-refractivity contribution in [2.75, 3.05) is 81.8 Å². The Morgan fingerprint density at radius 2 is 1.18 bits per heavy atom. The monoisotopic (exact) mass is 985 g/mol. The van der Waals surface area contributed by atoms with Gasteiger partial charge in [0.1, 0.15) is 5.82 Å². The number of ketones is 1. The van der Waals surface area contributed by atoms with E-state index in [-0.39, 0.29) is 35.1 Å². The molecule has 7 rings (SSSR count). The first-order chi connectivity index (χ1) is 32.6. The number of nitrogens with zero attached hydrogens (tertiary/aromatic N) is 8. The van der Waals surface area contributed by atoms with Gasteiger partial charge in [0, 0.05) is 79.9 Å². The van der Waals surface area contributed by atoms with E-state index >= 15 is 0 Å². The lowest BCUT2D eigenvalue weighted by Crippen LogP contribution is -2.52. The van der Waals surface area contributed by atoms with Crippen LogP contribution in [0, 0.1) is 5.82 Å². The number of rotatable bonds is 14. The molecule has 0 saturated carbocycles. The van der Waals surface area contributed by atoms with Gasteiger partial charge in [0.05, 0.1) is 24.7 Å². The van der Waals surface area contributed by atoms with Crippen molar-refractivity contribution in [3.05, 3.63) is 129 Å². The molecule has 2 saturated heterocycles. The Bertz CT molecular complexity index is 2470. The van der Waals surface area contributed by atoms with Gasteiger partial charge in [-0.15, -0.1) is 10.2 Å². The Morgan fingerprint density at radius 3 is 1.65 bits per heavy atom. The van der Waals surface area contributed by atoms with E-state index in [9.17, 15) is 41.1 Å². The number of hydrogen-bond donors (Lipinski definition) is 1. The first-order valence-corrected chi connectivity index (χ1v) is 22.6. The lowest BCUT2D eigenvalue weighted by Gasteiger charge is -2.37. The fourth-order valence-corrected chi connectivity index (χ4v) is 7.61. The fraction of sp³-hybridized carbons (Fsp3) is 0.362. The Morgan fingerprint density at radius 1 is 0.676 bits per heavy atom. The number of benzene rings is 4. The molecule has 68 heavy (non-hydrogen) atoms. The van der Waals surface area contributed by atoms with E-state index < -0.39 is 42.8 Å². The van der Waals surface area contributed by atoms with Crippen molar-refractivity contribution in [2.24, 2.45) is 0 Å². The zero-order valence-corrected chi connectivity index (χ0v) is 38.8. The number of alkyl halides is 4. The fourth-order valence-electron chi connectivity index (χ4n) is 7.36. The molecule has 1 N–H and O–H groups in total. The minimum Gasteiger partial charge on any atom is -0.415 e. The number of carbonyl (C=O) groups excluding carboxylic acids is 4. The topological polar surface area (TPSA) is 139 Å². The first-order valence-electron chi connectivity index (χ1n) is 21.8. The highest BCUT2D eigenvalue weighted by Crippen LogP contribution is 2.28. The van der Waals surface area contributed by atoms with E-state index in [4.69, 9.17) is 27.6 Å². The lowest BCUT2D eigenvalue weighted by atomic mass is 10.1. The van der Waals surface area contributed by atoms with Gasteiger partial charge >= 0.3 is 24.9 Å². The Labute approximate surface area is 400 Å². The van der Waals surface area contributed by atoms with Crippen LogP contribution in [0.15, 0.2) is 95.4 Å². The minimum atomic E-state index is -3.20. The number of piperazine rings is 2. The van der Waals surface area contributed by atoms with Crippen LogP contribution in [0.4, 0.5) is 42.9 Å². The molecule has 0 bridgehead atoms. The van der Waals surface area contributed by atoms with E-state index in [0.717, 1.165) is 50.5 Å². The molecule has 0 aliphatic carbocycles. The molecule has 2 fully saturated rings. The molecule has 0 atom stereocenters. The SMILES string of the molecule is CCN1CCN(C(=O)N(Cc2ccc(-c3nnc(C(F)F)o3)cc2)c2ccc(Cl)cc2)CC1.CCN1CCN(C(=O)N(Cc2ccc(C(=O)CNC(=O)C(F)F)cc2)c2ccc(Cl)c(F)c2)CC1. The van der Waals surface area contributed by atoms with Crippen LogP contribution in [0.2, 0.25) is 10.0 Å². The first kappa shape index (κ1) is 51.2. The van der Waals surface area contributed by atoms with Gasteiger partial charge in [-0.2, -0.15) is 17.6 Å². The van der Waals surface area contributed by atoms with Crippen LogP contribution in [0.1, 0.15) is 47.6 Å². The van der Waals surface area contributed by atoms with Crippen molar-refractivity contribution in [2.45, 2.75) is 39.8 Å². The van der Waals surface area contributed by atoms with Gasteiger partial charge in [-0.05, 0) is 78.8 Å². The van der Waals surface area contributed by atoms with E-state index in [1.165, 1.54) is 29.2 Å². The van der Waals surface area contributed by atoms with E-state index in [1.54, 1.807) is 52.3 Å². The van der Waals surface area contributed by atoms with E-state index in [2.05, 4.69) is 33.8 Å².